The Morgan fingerprint density at radius 1 is 0.585 bits per heavy atom. The molecule has 2 amide bonds. The van der Waals surface area contributed by atoms with E-state index in [4.69, 9.17) is 9.47 Å². The molecule has 0 spiro atoms. The molecule has 2 saturated heterocycles. The van der Waals surface area contributed by atoms with E-state index in [0.717, 1.165) is 83.1 Å². The summed E-state index contributed by atoms with van der Waals surface area (Å²) in [5, 5.41) is 0. The fourth-order valence-corrected chi connectivity index (χ4v) is 6.99. The molecule has 53 heavy (non-hydrogen) atoms. The first kappa shape index (κ1) is 39.9. The van der Waals surface area contributed by atoms with Crippen molar-refractivity contribution in [3.8, 4) is 0 Å². The Morgan fingerprint density at radius 3 is 1.47 bits per heavy atom. The van der Waals surface area contributed by atoms with Gasteiger partial charge in [0.1, 0.15) is 0 Å². The fourth-order valence-electron chi connectivity index (χ4n) is 6.99. The molecule has 0 radical (unpaired) electrons. The number of hydrogen-bond acceptors (Lipinski definition) is 6. The Kier molecular flexibility index (Phi) is 16.6. The van der Waals surface area contributed by atoms with Crippen molar-refractivity contribution >= 4 is 23.2 Å². The molecule has 0 bridgehead atoms. The van der Waals surface area contributed by atoms with Crippen LogP contribution in [0.5, 0.6) is 0 Å². The predicted octanol–water partition coefficient (Wildman–Crippen LogP) is 7.48. The lowest BCUT2D eigenvalue weighted by atomic mass is 10.1. The molecule has 2 heterocycles. The second-order valence-electron chi connectivity index (χ2n) is 13.8. The van der Waals surface area contributed by atoms with Crippen molar-refractivity contribution in [1.29, 1.82) is 0 Å². The Hall–Kier alpha value is -4.34. The first-order valence-electron chi connectivity index (χ1n) is 19.5. The SMILES string of the molecule is CCC(=O)N(CC1CN(CCc2ccccc2)CCCO1)c1ccccc1.CCC(=O)N(CC1CN(Cc2ccccc2)CCCO1)c1ccccc1. The van der Waals surface area contributed by atoms with Crippen molar-refractivity contribution in [1.82, 2.24) is 9.80 Å². The molecular formula is C45H58N4O4. The molecule has 8 heteroatoms. The smallest absolute Gasteiger partial charge is 0.226 e. The minimum absolute atomic E-state index is 0.0249. The van der Waals surface area contributed by atoms with Gasteiger partial charge in [0.25, 0.3) is 0 Å². The van der Waals surface area contributed by atoms with E-state index >= 15 is 0 Å². The number of carbonyl (C=O) groups excluding carboxylic acids is 2. The van der Waals surface area contributed by atoms with Crippen LogP contribution in [0.3, 0.4) is 0 Å². The van der Waals surface area contributed by atoms with E-state index in [9.17, 15) is 9.59 Å². The summed E-state index contributed by atoms with van der Waals surface area (Å²) in [7, 11) is 0. The van der Waals surface area contributed by atoms with Crippen molar-refractivity contribution in [2.45, 2.75) is 64.7 Å². The number of carbonyl (C=O) groups is 2. The molecule has 4 aromatic rings. The van der Waals surface area contributed by atoms with Gasteiger partial charge >= 0.3 is 0 Å². The van der Waals surface area contributed by atoms with E-state index in [-0.39, 0.29) is 24.0 Å². The van der Waals surface area contributed by atoms with Crippen LogP contribution in [0.15, 0.2) is 121 Å². The highest BCUT2D eigenvalue weighted by Crippen LogP contribution is 2.20. The van der Waals surface area contributed by atoms with E-state index in [1.165, 1.54) is 11.1 Å². The molecule has 0 aliphatic carbocycles. The molecule has 0 saturated carbocycles. The highest BCUT2D eigenvalue weighted by atomic mass is 16.5. The van der Waals surface area contributed by atoms with Crippen molar-refractivity contribution in [2.24, 2.45) is 0 Å². The van der Waals surface area contributed by atoms with Crippen LogP contribution in [0.1, 0.15) is 50.7 Å². The van der Waals surface area contributed by atoms with Gasteiger partial charge in [0.05, 0.1) is 25.3 Å². The lowest BCUT2D eigenvalue weighted by Gasteiger charge is -2.29. The van der Waals surface area contributed by atoms with Crippen LogP contribution in [0.25, 0.3) is 0 Å². The maximum Gasteiger partial charge on any atom is 0.226 e. The third kappa shape index (κ3) is 13.2. The van der Waals surface area contributed by atoms with Crippen LogP contribution >= 0.6 is 0 Å². The number of anilines is 2. The lowest BCUT2D eigenvalue weighted by molar-refractivity contribution is -0.119. The summed E-state index contributed by atoms with van der Waals surface area (Å²) in [6, 6.07) is 41.0. The van der Waals surface area contributed by atoms with E-state index in [1.807, 2.05) is 90.4 Å². The second-order valence-corrected chi connectivity index (χ2v) is 13.8. The number of hydrogen-bond donors (Lipinski definition) is 0. The van der Waals surface area contributed by atoms with Gasteiger partial charge in [0.15, 0.2) is 0 Å². The van der Waals surface area contributed by atoms with Crippen molar-refractivity contribution in [3.05, 3.63) is 132 Å². The van der Waals surface area contributed by atoms with Gasteiger partial charge in [0.2, 0.25) is 11.8 Å². The number of para-hydroxylation sites is 2. The number of amides is 2. The third-order valence-corrected chi connectivity index (χ3v) is 9.79. The first-order valence-corrected chi connectivity index (χ1v) is 19.5. The minimum Gasteiger partial charge on any atom is -0.375 e. The number of ether oxygens (including phenoxy) is 2. The summed E-state index contributed by atoms with van der Waals surface area (Å²) in [6.07, 6.45) is 4.17. The summed E-state index contributed by atoms with van der Waals surface area (Å²) in [6.45, 7) is 12.3. The molecule has 0 N–H and O–H groups in total. The molecule has 2 aliphatic rings. The third-order valence-electron chi connectivity index (χ3n) is 9.79. The Bertz CT molecular complexity index is 1610. The van der Waals surface area contributed by atoms with Gasteiger partial charge in [-0.15, -0.1) is 0 Å². The summed E-state index contributed by atoms with van der Waals surface area (Å²) in [5.41, 5.74) is 4.58. The van der Waals surface area contributed by atoms with Gasteiger partial charge in [0, 0.05) is 76.7 Å². The topological polar surface area (TPSA) is 65.6 Å². The molecule has 8 nitrogen and oxygen atoms in total. The zero-order valence-corrected chi connectivity index (χ0v) is 31.7. The zero-order valence-electron chi connectivity index (χ0n) is 31.7. The largest absolute Gasteiger partial charge is 0.375 e. The van der Waals surface area contributed by atoms with Crippen molar-refractivity contribution in [2.75, 3.05) is 68.8 Å². The molecule has 282 valence electrons. The van der Waals surface area contributed by atoms with Crippen LogP contribution in [0, 0.1) is 0 Å². The number of benzene rings is 4. The molecule has 4 aromatic carbocycles. The van der Waals surface area contributed by atoms with Gasteiger partial charge in [-0.3, -0.25) is 14.5 Å². The summed E-state index contributed by atoms with van der Waals surface area (Å²) in [5.74, 6) is 0.281. The van der Waals surface area contributed by atoms with E-state index in [2.05, 4.69) is 64.4 Å². The van der Waals surface area contributed by atoms with Gasteiger partial charge in [-0.2, -0.15) is 0 Å². The Labute approximate surface area is 317 Å². The predicted molar refractivity (Wildman–Crippen MR) is 215 cm³/mol. The molecule has 2 fully saturated rings. The molecule has 6 rings (SSSR count). The fraction of sp³-hybridized carbons (Fsp3) is 0.422. The Balaban J connectivity index is 0.000000204. The maximum atomic E-state index is 12.5. The van der Waals surface area contributed by atoms with E-state index < -0.39 is 0 Å². The van der Waals surface area contributed by atoms with Crippen LogP contribution in [0.2, 0.25) is 0 Å². The Morgan fingerprint density at radius 2 is 1.00 bits per heavy atom. The molecule has 2 aliphatic heterocycles. The molecule has 2 unspecified atom stereocenters. The van der Waals surface area contributed by atoms with Crippen LogP contribution in [0.4, 0.5) is 11.4 Å². The van der Waals surface area contributed by atoms with Crippen LogP contribution in [-0.2, 0) is 32.0 Å². The average molecular weight is 719 g/mol. The summed E-state index contributed by atoms with van der Waals surface area (Å²) < 4.78 is 12.2. The van der Waals surface area contributed by atoms with Crippen molar-refractivity contribution in [3.63, 3.8) is 0 Å². The van der Waals surface area contributed by atoms with Gasteiger partial charge in [-0.05, 0) is 54.7 Å². The maximum absolute atomic E-state index is 12.5. The first-order chi connectivity index (χ1) is 26.0. The standard InChI is InChI=1S/C23H30N2O2.C22H28N2O2/c1-2-23(26)25(21-12-7-4-8-13-21)19-22-18-24(15-9-17-27-22)16-14-20-10-5-3-6-11-20;1-2-22(25)24(20-12-7-4-8-13-20)18-21-17-23(14-9-15-26-21)16-19-10-5-3-6-11-19/h3-8,10-13,22H,2,9,14-19H2,1H3;3-8,10-13,21H,2,9,14-18H2,1H3. The van der Waals surface area contributed by atoms with Crippen molar-refractivity contribution < 1.29 is 19.1 Å². The van der Waals surface area contributed by atoms with E-state index in [1.54, 1.807) is 0 Å². The monoisotopic (exact) mass is 718 g/mol. The highest BCUT2D eigenvalue weighted by molar-refractivity contribution is 5.93. The molecule has 2 atom stereocenters. The quantitative estimate of drug-likeness (QED) is 0.143. The average Bonchev–Trinajstić information content (AvgIpc) is 3.59. The van der Waals surface area contributed by atoms with Gasteiger partial charge < -0.3 is 24.2 Å². The number of nitrogens with zero attached hydrogens (tertiary/aromatic N) is 4. The van der Waals surface area contributed by atoms with Crippen LogP contribution < -0.4 is 9.80 Å². The zero-order chi connectivity index (χ0) is 37.1. The highest BCUT2D eigenvalue weighted by Gasteiger charge is 2.26. The molecule has 0 aromatic heterocycles. The number of rotatable bonds is 13. The summed E-state index contributed by atoms with van der Waals surface area (Å²) >= 11 is 0. The lowest BCUT2D eigenvalue weighted by Crippen LogP contribution is -2.43. The van der Waals surface area contributed by atoms with E-state index in [0.29, 0.717) is 25.9 Å². The molecular weight excluding hydrogens is 661 g/mol. The van der Waals surface area contributed by atoms with Gasteiger partial charge in [-0.25, -0.2) is 0 Å². The van der Waals surface area contributed by atoms with Gasteiger partial charge in [-0.1, -0.05) is 111 Å². The van der Waals surface area contributed by atoms with Crippen LogP contribution in [-0.4, -0.2) is 92.8 Å². The second kappa shape index (κ2) is 22.0. The summed E-state index contributed by atoms with van der Waals surface area (Å²) in [4.78, 5) is 33.7. The normalized spacial score (nSPS) is 18.2. The minimum atomic E-state index is 0.0249.